The fraction of sp³-hybridized carbons (Fsp3) is 0.727. The Morgan fingerprint density at radius 3 is 2.90 bits per heavy atom. The highest BCUT2D eigenvalue weighted by molar-refractivity contribution is 5.92. The number of carbonyl (C=O) groups is 1. The number of amides is 1. The molecule has 2 N–H and O–H groups in total. The first-order valence-electron chi connectivity index (χ1n) is 6.38. The number of nitrogens with two attached hydrogens (primary N) is 1. The molecule has 1 amide bonds. The summed E-state index contributed by atoms with van der Waals surface area (Å²) in [5, 5.41) is 7.39. The van der Waals surface area contributed by atoms with Crippen LogP contribution >= 0.6 is 0 Å². The van der Waals surface area contributed by atoms with Crippen LogP contribution in [0.1, 0.15) is 23.3 Å². The van der Waals surface area contributed by atoms with Gasteiger partial charge in [-0.3, -0.25) is 9.48 Å². The molecule has 0 aromatic carbocycles. The van der Waals surface area contributed by atoms with Crippen LogP contribution in [0.5, 0.6) is 0 Å². The number of alkyl halides is 3. The first-order valence-corrected chi connectivity index (χ1v) is 6.38. The molecule has 1 atom stereocenters. The molecule has 1 aromatic rings. The number of piperidine rings is 1. The second-order valence-electron chi connectivity index (χ2n) is 4.79. The summed E-state index contributed by atoms with van der Waals surface area (Å²) in [5.41, 5.74) is 5.40. The molecule has 0 spiro atoms. The first-order chi connectivity index (χ1) is 9.41. The van der Waals surface area contributed by atoms with E-state index in [1.807, 2.05) is 0 Å². The second-order valence-corrected chi connectivity index (χ2v) is 4.79. The highest BCUT2D eigenvalue weighted by atomic mass is 19.4. The number of hydrogen-bond donors (Lipinski definition) is 1. The zero-order valence-electron chi connectivity index (χ0n) is 10.8. The van der Waals surface area contributed by atoms with E-state index in [4.69, 9.17) is 5.73 Å². The summed E-state index contributed by atoms with van der Waals surface area (Å²) < 4.78 is 39.5. The summed E-state index contributed by atoms with van der Waals surface area (Å²) in [6.07, 6.45) is -2.46. The molecule has 2 rings (SSSR count). The molecule has 1 aromatic heterocycles. The average Bonchev–Trinajstić information content (AvgIpc) is 2.86. The van der Waals surface area contributed by atoms with E-state index in [9.17, 15) is 18.0 Å². The van der Waals surface area contributed by atoms with Crippen molar-refractivity contribution in [3.05, 3.63) is 11.9 Å². The Morgan fingerprint density at radius 1 is 1.50 bits per heavy atom. The molecule has 0 saturated carbocycles. The molecule has 1 saturated heterocycles. The van der Waals surface area contributed by atoms with E-state index in [2.05, 4.69) is 10.3 Å². The molecule has 6 nitrogen and oxygen atoms in total. The Kier molecular flexibility index (Phi) is 4.26. The lowest BCUT2D eigenvalue weighted by molar-refractivity contribution is -0.184. The fourth-order valence-corrected chi connectivity index (χ4v) is 2.23. The molecule has 112 valence electrons. The third-order valence-electron chi connectivity index (χ3n) is 3.29. The molecule has 0 radical (unpaired) electrons. The van der Waals surface area contributed by atoms with Gasteiger partial charge in [0.15, 0.2) is 5.69 Å². The van der Waals surface area contributed by atoms with E-state index >= 15 is 0 Å². The Bertz CT molecular complexity index is 473. The van der Waals surface area contributed by atoms with E-state index in [0.717, 1.165) is 0 Å². The lowest BCUT2D eigenvalue weighted by Gasteiger charge is -2.33. The van der Waals surface area contributed by atoms with Crippen LogP contribution in [-0.2, 0) is 6.54 Å². The fourth-order valence-electron chi connectivity index (χ4n) is 2.23. The maximum absolute atomic E-state index is 12.7. The van der Waals surface area contributed by atoms with Crippen molar-refractivity contribution in [2.75, 3.05) is 19.6 Å². The monoisotopic (exact) mass is 291 g/mol. The zero-order valence-corrected chi connectivity index (χ0v) is 10.8. The molecule has 9 heteroatoms. The third kappa shape index (κ3) is 3.27. The van der Waals surface area contributed by atoms with Gasteiger partial charge in [-0.15, -0.1) is 5.10 Å². The van der Waals surface area contributed by atoms with Crippen LogP contribution in [0.4, 0.5) is 13.2 Å². The second kappa shape index (κ2) is 5.78. The van der Waals surface area contributed by atoms with Crippen molar-refractivity contribution in [1.29, 1.82) is 0 Å². The van der Waals surface area contributed by atoms with Crippen molar-refractivity contribution in [1.82, 2.24) is 19.9 Å². The first kappa shape index (κ1) is 14.8. The molecular formula is C11H16F3N5O. The van der Waals surface area contributed by atoms with Gasteiger partial charge in [0.1, 0.15) is 0 Å². The van der Waals surface area contributed by atoms with Crippen LogP contribution in [-0.4, -0.2) is 51.6 Å². The summed E-state index contributed by atoms with van der Waals surface area (Å²) in [7, 11) is 0. The van der Waals surface area contributed by atoms with Crippen LogP contribution < -0.4 is 5.73 Å². The van der Waals surface area contributed by atoms with Gasteiger partial charge in [0.25, 0.3) is 5.91 Å². The van der Waals surface area contributed by atoms with E-state index < -0.39 is 18.0 Å². The lowest BCUT2D eigenvalue weighted by atomic mass is 9.97. The summed E-state index contributed by atoms with van der Waals surface area (Å²) >= 11 is 0. The summed E-state index contributed by atoms with van der Waals surface area (Å²) in [5.74, 6) is -1.97. The predicted molar refractivity (Wildman–Crippen MR) is 63.8 cm³/mol. The highest BCUT2D eigenvalue weighted by Gasteiger charge is 2.43. The van der Waals surface area contributed by atoms with Crippen molar-refractivity contribution in [3.63, 3.8) is 0 Å². The van der Waals surface area contributed by atoms with Crippen LogP contribution in [0, 0.1) is 5.92 Å². The normalized spacial score (nSPS) is 20.2. The van der Waals surface area contributed by atoms with E-state index in [-0.39, 0.29) is 18.7 Å². The quantitative estimate of drug-likeness (QED) is 0.887. The van der Waals surface area contributed by atoms with Gasteiger partial charge in [-0.25, -0.2) is 0 Å². The van der Waals surface area contributed by atoms with Gasteiger partial charge < -0.3 is 10.6 Å². The summed E-state index contributed by atoms with van der Waals surface area (Å²) in [6.45, 7) is 0.754. The standard InChI is InChI=1S/C11H16F3N5O/c12-11(13,14)8-2-1-4-18(6-8)10(20)9-7-19(5-3-15)17-16-9/h7-8H,1-6,15H2. The van der Waals surface area contributed by atoms with E-state index in [0.29, 0.717) is 26.1 Å². The molecule has 0 bridgehead atoms. The third-order valence-corrected chi connectivity index (χ3v) is 3.29. The molecule has 1 unspecified atom stereocenters. The number of hydrogen-bond acceptors (Lipinski definition) is 4. The summed E-state index contributed by atoms with van der Waals surface area (Å²) in [6, 6.07) is 0. The Hall–Kier alpha value is -1.64. The number of carbonyl (C=O) groups excluding carboxylic acids is 1. The van der Waals surface area contributed by atoms with Crippen molar-refractivity contribution in [3.8, 4) is 0 Å². The van der Waals surface area contributed by atoms with E-state index in [1.165, 1.54) is 15.8 Å². The van der Waals surface area contributed by atoms with Crippen LogP contribution in [0.2, 0.25) is 0 Å². The van der Waals surface area contributed by atoms with Crippen molar-refractivity contribution < 1.29 is 18.0 Å². The average molecular weight is 291 g/mol. The SMILES string of the molecule is NCCn1cc(C(=O)N2CCCC(C(F)(F)F)C2)nn1. The molecule has 0 aliphatic carbocycles. The number of aromatic nitrogens is 3. The Balaban J connectivity index is 2.04. The minimum Gasteiger partial charge on any atom is -0.337 e. The number of likely N-dealkylation sites (tertiary alicyclic amines) is 1. The van der Waals surface area contributed by atoms with Crippen molar-refractivity contribution in [2.45, 2.75) is 25.6 Å². The molecular weight excluding hydrogens is 275 g/mol. The minimum atomic E-state index is -4.27. The number of rotatable bonds is 3. The van der Waals surface area contributed by atoms with Gasteiger partial charge in [-0.1, -0.05) is 5.21 Å². The molecule has 1 fully saturated rings. The maximum Gasteiger partial charge on any atom is 0.393 e. The number of nitrogens with zero attached hydrogens (tertiary/aromatic N) is 4. The smallest absolute Gasteiger partial charge is 0.337 e. The summed E-state index contributed by atoms with van der Waals surface area (Å²) in [4.78, 5) is 13.3. The molecule has 20 heavy (non-hydrogen) atoms. The van der Waals surface area contributed by atoms with Crippen molar-refractivity contribution >= 4 is 5.91 Å². The highest BCUT2D eigenvalue weighted by Crippen LogP contribution is 2.33. The van der Waals surface area contributed by atoms with Crippen LogP contribution in [0.3, 0.4) is 0 Å². The largest absolute Gasteiger partial charge is 0.393 e. The van der Waals surface area contributed by atoms with Crippen LogP contribution in [0.15, 0.2) is 6.20 Å². The lowest BCUT2D eigenvalue weighted by Crippen LogP contribution is -2.44. The van der Waals surface area contributed by atoms with Crippen molar-refractivity contribution in [2.24, 2.45) is 11.7 Å². The number of halogens is 3. The predicted octanol–water partition coefficient (Wildman–Crippen LogP) is 0.651. The van der Waals surface area contributed by atoms with Gasteiger partial charge in [-0.05, 0) is 12.8 Å². The van der Waals surface area contributed by atoms with Gasteiger partial charge in [0.05, 0.1) is 18.7 Å². The van der Waals surface area contributed by atoms with Gasteiger partial charge in [-0.2, -0.15) is 13.2 Å². The zero-order chi connectivity index (χ0) is 14.8. The minimum absolute atomic E-state index is 0.0567. The topological polar surface area (TPSA) is 77.0 Å². The van der Waals surface area contributed by atoms with Crippen LogP contribution in [0.25, 0.3) is 0 Å². The molecule has 1 aliphatic rings. The van der Waals surface area contributed by atoms with Gasteiger partial charge in [0.2, 0.25) is 0 Å². The van der Waals surface area contributed by atoms with Gasteiger partial charge in [0, 0.05) is 19.6 Å². The molecule has 2 heterocycles. The maximum atomic E-state index is 12.7. The van der Waals surface area contributed by atoms with E-state index in [1.54, 1.807) is 0 Å². The Morgan fingerprint density at radius 2 is 2.25 bits per heavy atom. The Labute approximate surface area is 113 Å². The van der Waals surface area contributed by atoms with Gasteiger partial charge >= 0.3 is 6.18 Å². The molecule has 1 aliphatic heterocycles.